The van der Waals surface area contributed by atoms with Crippen molar-refractivity contribution < 1.29 is 14.6 Å². The number of pyridine rings is 1. The van der Waals surface area contributed by atoms with Crippen LogP contribution in [0.5, 0.6) is 5.75 Å². The van der Waals surface area contributed by atoms with E-state index in [2.05, 4.69) is 24.0 Å². The second kappa shape index (κ2) is 10.5. The molecule has 7 heteroatoms. The molecule has 0 saturated heterocycles. The largest absolute Gasteiger partial charge is 0.511 e. The molecule has 0 fully saturated rings. The van der Waals surface area contributed by atoms with Crippen molar-refractivity contribution in [2.75, 3.05) is 0 Å². The summed E-state index contributed by atoms with van der Waals surface area (Å²) in [5.41, 5.74) is 3.73. The average Bonchev–Trinajstić information content (AvgIpc) is 3.19. The summed E-state index contributed by atoms with van der Waals surface area (Å²) in [6.07, 6.45) is 5.52. The molecule has 2 heterocycles. The Balaban J connectivity index is 1.54. The molecule has 4 rings (SSSR count). The number of aryl methyl sites for hydroxylation is 1. The van der Waals surface area contributed by atoms with Crippen molar-refractivity contribution in [1.82, 2.24) is 19.7 Å². The smallest absolute Gasteiger partial charge is 0.449 e. The first-order valence-corrected chi connectivity index (χ1v) is 11.0. The first-order valence-electron chi connectivity index (χ1n) is 11.0. The van der Waals surface area contributed by atoms with Crippen LogP contribution in [-0.4, -0.2) is 31.0 Å². The third-order valence-electron chi connectivity index (χ3n) is 5.33. The van der Waals surface area contributed by atoms with Crippen molar-refractivity contribution in [2.24, 2.45) is 0 Å². The van der Waals surface area contributed by atoms with E-state index < -0.39 is 6.16 Å². The summed E-state index contributed by atoms with van der Waals surface area (Å²) < 4.78 is 6.88. The quantitative estimate of drug-likeness (QED) is 0.350. The molecule has 0 amide bonds. The highest BCUT2D eigenvalue weighted by Crippen LogP contribution is 2.29. The molecule has 7 nitrogen and oxygen atoms in total. The maximum absolute atomic E-state index is 11.0. The Bertz CT molecular complexity index is 1200. The van der Waals surface area contributed by atoms with Gasteiger partial charge in [-0.25, -0.2) is 14.5 Å². The molecule has 1 N–H and O–H groups in total. The molecule has 0 bridgehead atoms. The molecule has 2 aromatic heterocycles. The Morgan fingerprint density at radius 3 is 2.55 bits per heavy atom. The summed E-state index contributed by atoms with van der Waals surface area (Å²) in [6.45, 7) is 2.79. The zero-order valence-corrected chi connectivity index (χ0v) is 18.5. The normalized spacial score (nSPS) is 10.8. The predicted molar refractivity (Wildman–Crippen MR) is 125 cm³/mol. The van der Waals surface area contributed by atoms with Crippen LogP contribution in [0.1, 0.15) is 42.5 Å². The van der Waals surface area contributed by atoms with Crippen molar-refractivity contribution in [3.05, 3.63) is 95.8 Å². The number of benzene rings is 2. The van der Waals surface area contributed by atoms with Crippen molar-refractivity contribution in [3.8, 4) is 16.9 Å². The molecule has 0 spiro atoms. The molecule has 0 aliphatic carbocycles. The minimum Gasteiger partial charge on any atom is -0.449 e. The Morgan fingerprint density at radius 2 is 1.82 bits per heavy atom. The van der Waals surface area contributed by atoms with Crippen LogP contribution in [-0.2, 0) is 19.4 Å². The molecule has 0 aliphatic heterocycles. The topological polar surface area (TPSA) is 90.1 Å². The van der Waals surface area contributed by atoms with Gasteiger partial charge in [-0.05, 0) is 23.1 Å². The van der Waals surface area contributed by atoms with Crippen molar-refractivity contribution >= 4 is 6.16 Å². The SMILES string of the molecule is CCCCc1nc(Cc2ccccc2)nn1Cc1ccc(-c2cnccc2OC(=O)O)cc1. The zero-order valence-electron chi connectivity index (χ0n) is 18.5. The lowest BCUT2D eigenvalue weighted by molar-refractivity contribution is 0.144. The highest BCUT2D eigenvalue weighted by atomic mass is 16.7. The Hall–Kier alpha value is -4.00. The van der Waals surface area contributed by atoms with Gasteiger partial charge in [0.05, 0.1) is 6.54 Å². The van der Waals surface area contributed by atoms with E-state index in [4.69, 9.17) is 19.9 Å². The van der Waals surface area contributed by atoms with E-state index in [9.17, 15) is 4.79 Å². The number of hydrogen-bond donors (Lipinski definition) is 1. The molecule has 4 aromatic rings. The molecule has 0 unspecified atom stereocenters. The standard InChI is InChI=1S/C26H26N4O3/c1-2-3-9-25-28-24(16-19-7-5-4-6-8-19)29-30(25)18-20-10-12-21(13-11-20)22-17-27-15-14-23(22)33-26(31)32/h4-8,10-15,17H,2-3,9,16,18H2,1H3,(H,31,32). The molecular formula is C26H26N4O3. The number of rotatable bonds is 9. The second-order valence-electron chi connectivity index (χ2n) is 7.80. The van der Waals surface area contributed by atoms with Crippen molar-refractivity contribution in [3.63, 3.8) is 0 Å². The summed E-state index contributed by atoms with van der Waals surface area (Å²) in [4.78, 5) is 19.9. The van der Waals surface area contributed by atoms with Gasteiger partial charge in [0.15, 0.2) is 5.82 Å². The number of hydrogen-bond acceptors (Lipinski definition) is 5. The van der Waals surface area contributed by atoms with Gasteiger partial charge in [-0.1, -0.05) is 67.9 Å². The van der Waals surface area contributed by atoms with E-state index >= 15 is 0 Å². The van der Waals surface area contributed by atoms with Gasteiger partial charge in [0.25, 0.3) is 0 Å². The van der Waals surface area contributed by atoms with Gasteiger partial charge in [-0.2, -0.15) is 5.10 Å². The van der Waals surface area contributed by atoms with Gasteiger partial charge >= 0.3 is 6.16 Å². The van der Waals surface area contributed by atoms with Gasteiger partial charge in [-0.3, -0.25) is 4.98 Å². The van der Waals surface area contributed by atoms with E-state index in [0.29, 0.717) is 18.5 Å². The summed E-state index contributed by atoms with van der Waals surface area (Å²) in [7, 11) is 0. The number of carbonyl (C=O) groups is 1. The van der Waals surface area contributed by atoms with Crippen LogP contribution >= 0.6 is 0 Å². The fraction of sp³-hybridized carbons (Fsp3) is 0.231. The highest BCUT2D eigenvalue weighted by molar-refractivity contribution is 5.73. The first kappa shape index (κ1) is 22.2. The summed E-state index contributed by atoms with van der Waals surface area (Å²) in [5, 5.41) is 13.8. The van der Waals surface area contributed by atoms with Crippen LogP contribution in [0, 0.1) is 0 Å². The average molecular weight is 443 g/mol. The maximum atomic E-state index is 11.0. The Kier molecular flexibility index (Phi) is 7.09. The van der Waals surface area contributed by atoms with E-state index in [1.807, 2.05) is 47.1 Å². The summed E-state index contributed by atoms with van der Waals surface area (Å²) in [6, 6.07) is 19.7. The van der Waals surface area contributed by atoms with E-state index in [-0.39, 0.29) is 5.75 Å². The number of unbranched alkanes of at least 4 members (excludes halogenated alkanes) is 1. The van der Waals surface area contributed by atoms with Crippen LogP contribution in [0.2, 0.25) is 0 Å². The summed E-state index contributed by atoms with van der Waals surface area (Å²) in [5.74, 6) is 2.08. The molecular weight excluding hydrogens is 416 g/mol. The second-order valence-corrected chi connectivity index (χ2v) is 7.80. The fourth-order valence-corrected chi connectivity index (χ4v) is 3.67. The fourth-order valence-electron chi connectivity index (χ4n) is 3.67. The lowest BCUT2D eigenvalue weighted by Gasteiger charge is -2.09. The number of ether oxygens (including phenoxy) is 1. The Labute approximate surface area is 192 Å². The number of carboxylic acid groups (broad SMARTS) is 1. The van der Waals surface area contributed by atoms with E-state index in [1.165, 1.54) is 11.8 Å². The third kappa shape index (κ3) is 5.83. The van der Waals surface area contributed by atoms with Gasteiger partial charge in [-0.15, -0.1) is 0 Å². The number of aromatic nitrogens is 4. The molecule has 0 aliphatic rings. The van der Waals surface area contributed by atoms with Gasteiger partial charge < -0.3 is 9.84 Å². The minimum absolute atomic E-state index is 0.258. The molecule has 0 saturated carbocycles. The van der Waals surface area contributed by atoms with Crippen molar-refractivity contribution in [2.45, 2.75) is 39.2 Å². The van der Waals surface area contributed by atoms with E-state index in [1.54, 1.807) is 12.3 Å². The first-order chi connectivity index (χ1) is 16.1. The predicted octanol–water partition coefficient (Wildman–Crippen LogP) is 5.38. The molecule has 33 heavy (non-hydrogen) atoms. The molecule has 2 aromatic carbocycles. The number of nitrogens with zero attached hydrogens (tertiary/aromatic N) is 4. The van der Waals surface area contributed by atoms with Gasteiger partial charge in [0, 0.05) is 36.9 Å². The van der Waals surface area contributed by atoms with Crippen LogP contribution < -0.4 is 4.74 Å². The molecule has 0 radical (unpaired) electrons. The molecule has 0 atom stereocenters. The molecule has 168 valence electrons. The van der Waals surface area contributed by atoms with Gasteiger partial charge in [0.1, 0.15) is 11.6 Å². The highest BCUT2D eigenvalue weighted by Gasteiger charge is 2.13. The van der Waals surface area contributed by atoms with Crippen molar-refractivity contribution in [1.29, 1.82) is 0 Å². The van der Waals surface area contributed by atoms with Crippen LogP contribution in [0.4, 0.5) is 4.79 Å². The van der Waals surface area contributed by atoms with Crippen LogP contribution in [0.25, 0.3) is 11.1 Å². The van der Waals surface area contributed by atoms with E-state index in [0.717, 1.165) is 42.0 Å². The van der Waals surface area contributed by atoms with Crippen LogP contribution in [0.15, 0.2) is 73.1 Å². The monoisotopic (exact) mass is 442 g/mol. The zero-order chi connectivity index (χ0) is 23.0. The van der Waals surface area contributed by atoms with Gasteiger partial charge in [0.2, 0.25) is 0 Å². The lowest BCUT2D eigenvalue weighted by atomic mass is 10.0. The minimum atomic E-state index is -1.35. The Morgan fingerprint density at radius 1 is 1.03 bits per heavy atom. The summed E-state index contributed by atoms with van der Waals surface area (Å²) >= 11 is 0. The third-order valence-corrected chi connectivity index (χ3v) is 5.33. The van der Waals surface area contributed by atoms with Crippen LogP contribution in [0.3, 0.4) is 0 Å². The lowest BCUT2D eigenvalue weighted by Crippen LogP contribution is -2.07. The maximum Gasteiger partial charge on any atom is 0.511 e.